The van der Waals surface area contributed by atoms with Gasteiger partial charge in [0, 0.05) is 6.42 Å². The Hall–Kier alpha value is -2.96. The van der Waals surface area contributed by atoms with Crippen molar-refractivity contribution >= 4 is 17.1 Å². The number of nitrogens with one attached hydrogen (secondary N) is 1. The minimum atomic E-state index is -0.960. The van der Waals surface area contributed by atoms with Gasteiger partial charge in [0.1, 0.15) is 11.2 Å². The third kappa shape index (κ3) is 2.48. The first kappa shape index (κ1) is 14.0. The normalized spacial score (nSPS) is 11.0. The number of aliphatic carboxylic acids is 1. The molecular formula is C15H14N4O3. The number of nitrogens with zero attached hydrogens (tertiary/aromatic N) is 3. The summed E-state index contributed by atoms with van der Waals surface area (Å²) < 4.78 is 1.63. The Kier molecular flexibility index (Phi) is 3.46. The van der Waals surface area contributed by atoms with E-state index in [0.29, 0.717) is 16.9 Å². The van der Waals surface area contributed by atoms with Crippen molar-refractivity contribution in [3.05, 3.63) is 52.1 Å². The highest BCUT2D eigenvalue weighted by atomic mass is 16.4. The molecule has 0 aliphatic heterocycles. The molecule has 3 rings (SSSR count). The van der Waals surface area contributed by atoms with Crippen LogP contribution in [-0.2, 0) is 11.2 Å². The molecule has 7 nitrogen and oxygen atoms in total. The molecule has 0 unspecified atom stereocenters. The monoisotopic (exact) mass is 298 g/mol. The van der Waals surface area contributed by atoms with Crippen molar-refractivity contribution in [3.8, 4) is 5.69 Å². The SMILES string of the molecule is Cc1nn(-c2ccccc2)c2[nH]c(=O)c(CCC(=O)O)nc12. The number of rotatable bonds is 4. The number of carboxylic acids is 1. The van der Waals surface area contributed by atoms with Crippen LogP contribution in [0.15, 0.2) is 35.1 Å². The topological polar surface area (TPSA) is 101 Å². The Morgan fingerprint density at radius 1 is 1.32 bits per heavy atom. The van der Waals surface area contributed by atoms with E-state index in [1.807, 2.05) is 30.3 Å². The van der Waals surface area contributed by atoms with E-state index in [9.17, 15) is 9.59 Å². The molecule has 112 valence electrons. The molecule has 0 saturated carbocycles. The molecule has 0 bridgehead atoms. The summed E-state index contributed by atoms with van der Waals surface area (Å²) in [5, 5.41) is 13.1. The molecular weight excluding hydrogens is 284 g/mol. The number of hydrogen-bond acceptors (Lipinski definition) is 4. The summed E-state index contributed by atoms with van der Waals surface area (Å²) in [6.45, 7) is 1.80. The van der Waals surface area contributed by atoms with Crippen LogP contribution < -0.4 is 5.56 Å². The number of aryl methyl sites for hydroxylation is 2. The Bertz CT molecular complexity index is 896. The lowest BCUT2D eigenvalue weighted by Crippen LogP contribution is -2.17. The van der Waals surface area contributed by atoms with Gasteiger partial charge in [-0.1, -0.05) is 18.2 Å². The molecule has 0 amide bonds. The smallest absolute Gasteiger partial charge is 0.303 e. The lowest BCUT2D eigenvalue weighted by Gasteiger charge is -2.03. The van der Waals surface area contributed by atoms with Gasteiger partial charge < -0.3 is 10.1 Å². The van der Waals surface area contributed by atoms with Crippen molar-refractivity contribution in [2.75, 3.05) is 0 Å². The predicted octanol–water partition coefficient (Wildman–Crippen LogP) is 1.43. The van der Waals surface area contributed by atoms with E-state index in [1.54, 1.807) is 11.6 Å². The zero-order valence-electron chi connectivity index (χ0n) is 11.9. The number of carbonyl (C=O) groups is 1. The summed E-state index contributed by atoms with van der Waals surface area (Å²) in [6, 6.07) is 9.41. The van der Waals surface area contributed by atoms with Crippen LogP contribution in [-0.4, -0.2) is 30.8 Å². The van der Waals surface area contributed by atoms with Gasteiger partial charge in [0.15, 0.2) is 5.65 Å². The maximum absolute atomic E-state index is 12.1. The molecule has 2 N–H and O–H groups in total. The second kappa shape index (κ2) is 5.44. The molecule has 2 heterocycles. The maximum atomic E-state index is 12.1. The fourth-order valence-electron chi connectivity index (χ4n) is 2.28. The second-order valence-corrected chi connectivity index (χ2v) is 4.94. The number of hydrogen-bond donors (Lipinski definition) is 2. The van der Waals surface area contributed by atoms with Crippen molar-refractivity contribution in [1.29, 1.82) is 0 Å². The van der Waals surface area contributed by atoms with Crippen LogP contribution in [0.25, 0.3) is 16.9 Å². The Labute approximate surface area is 125 Å². The molecule has 7 heteroatoms. The third-order valence-corrected chi connectivity index (χ3v) is 3.35. The molecule has 0 aliphatic carbocycles. The lowest BCUT2D eigenvalue weighted by atomic mass is 10.2. The van der Waals surface area contributed by atoms with Gasteiger partial charge in [0.25, 0.3) is 5.56 Å². The van der Waals surface area contributed by atoms with E-state index in [2.05, 4.69) is 15.1 Å². The molecule has 0 atom stereocenters. The van der Waals surface area contributed by atoms with Crippen LogP contribution in [0, 0.1) is 6.92 Å². The van der Waals surface area contributed by atoms with E-state index in [0.717, 1.165) is 5.69 Å². The highest BCUT2D eigenvalue weighted by molar-refractivity contribution is 5.75. The van der Waals surface area contributed by atoms with E-state index < -0.39 is 5.97 Å². The molecule has 0 fully saturated rings. The fraction of sp³-hybridized carbons (Fsp3) is 0.200. The van der Waals surface area contributed by atoms with Crippen LogP contribution in [0.2, 0.25) is 0 Å². The predicted molar refractivity (Wildman–Crippen MR) is 80.2 cm³/mol. The summed E-state index contributed by atoms with van der Waals surface area (Å²) in [6.07, 6.45) is -0.0377. The molecule has 3 aromatic rings. The standard InChI is InChI=1S/C15H14N4O3/c1-9-13-14(19(18-9)10-5-3-2-4-6-10)17-15(22)11(16-13)7-8-12(20)21/h2-6H,7-8H2,1H3,(H,17,22)(H,20,21). The summed E-state index contributed by atoms with van der Waals surface area (Å²) in [5.41, 5.74) is 2.40. The van der Waals surface area contributed by atoms with Crippen molar-refractivity contribution < 1.29 is 9.90 Å². The summed E-state index contributed by atoms with van der Waals surface area (Å²) in [5.74, 6) is -0.960. The molecule has 2 aromatic heterocycles. The van der Waals surface area contributed by atoms with Crippen molar-refractivity contribution in [2.45, 2.75) is 19.8 Å². The van der Waals surface area contributed by atoms with Gasteiger partial charge in [-0.15, -0.1) is 0 Å². The number of carboxylic acid groups (broad SMARTS) is 1. The number of para-hydroxylation sites is 1. The van der Waals surface area contributed by atoms with Gasteiger partial charge in [-0.2, -0.15) is 5.10 Å². The van der Waals surface area contributed by atoms with Crippen molar-refractivity contribution in [2.24, 2.45) is 0 Å². The van der Waals surface area contributed by atoms with Crippen LogP contribution in [0.1, 0.15) is 17.8 Å². The number of aromatic amines is 1. The first-order valence-electron chi connectivity index (χ1n) is 6.82. The molecule has 22 heavy (non-hydrogen) atoms. The van der Waals surface area contributed by atoms with E-state index in [-0.39, 0.29) is 24.1 Å². The van der Waals surface area contributed by atoms with Crippen LogP contribution >= 0.6 is 0 Å². The van der Waals surface area contributed by atoms with E-state index >= 15 is 0 Å². The zero-order valence-corrected chi connectivity index (χ0v) is 11.9. The largest absolute Gasteiger partial charge is 0.481 e. The maximum Gasteiger partial charge on any atom is 0.303 e. The summed E-state index contributed by atoms with van der Waals surface area (Å²) in [4.78, 5) is 29.8. The average molecular weight is 298 g/mol. The molecule has 0 spiro atoms. The first-order valence-corrected chi connectivity index (χ1v) is 6.82. The Balaban J connectivity index is 2.14. The number of aromatic nitrogens is 4. The number of fused-ring (bicyclic) bond motifs is 1. The lowest BCUT2D eigenvalue weighted by molar-refractivity contribution is -0.136. The average Bonchev–Trinajstić information content (AvgIpc) is 2.82. The molecule has 0 saturated heterocycles. The van der Waals surface area contributed by atoms with Crippen molar-refractivity contribution in [1.82, 2.24) is 19.7 Å². The number of benzene rings is 1. The minimum absolute atomic E-state index is 0.0938. The quantitative estimate of drug-likeness (QED) is 0.759. The Morgan fingerprint density at radius 2 is 2.05 bits per heavy atom. The highest BCUT2D eigenvalue weighted by Gasteiger charge is 2.14. The first-order chi connectivity index (χ1) is 10.6. The van der Waals surface area contributed by atoms with Gasteiger partial charge in [-0.05, 0) is 19.1 Å². The van der Waals surface area contributed by atoms with Crippen LogP contribution in [0.3, 0.4) is 0 Å². The summed E-state index contributed by atoms with van der Waals surface area (Å²) in [7, 11) is 0. The minimum Gasteiger partial charge on any atom is -0.481 e. The Morgan fingerprint density at radius 3 is 2.73 bits per heavy atom. The summed E-state index contributed by atoms with van der Waals surface area (Å²) >= 11 is 0. The van der Waals surface area contributed by atoms with Gasteiger partial charge >= 0.3 is 5.97 Å². The van der Waals surface area contributed by atoms with Crippen LogP contribution in [0.5, 0.6) is 0 Å². The molecule has 1 aromatic carbocycles. The zero-order chi connectivity index (χ0) is 15.7. The molecule has 0 aliphatic rings. The third-order valence-electron chi connectivity index (χ3n) is 3.35. The second-order valence-electron chi connectivity index (χ2n) is 4.94. The van der Waals surface area contributed by atoms with Crippen molar-refractivity contribution in [3.63, 3.8) is 0 Å². The fourth-order valence-corrected chi connectivity index (χ4v) is 2.28. The van der Waals surface area contributed by atoms with Gasteiger partial charge in [0.2, 0.25) is 0 Å². The highest BCUT2D eigenvalue weighted by Crippen LogP contribution is 2.17. The van der Waals surface area contributed by atoms with E-state index in [1.165, 1.54) is 0 Å². The van der Waals surface area contributed by atoms with Gasteiger partial charge in [0.05, 0.1) is 17.8 Å². The van der Waals surface area contributed by atoms with Crippen LogP contribution in [0.4, 0.5) is 0 Å². The van der Waals surface area contributed by atoms with E-state index in [4.69, 9.17) is 5.11 Å². The van der Waals surface area contributed by atoms with Gasteiger partial charge in [-0.3, -0.25) is 9.59 Å². The molecule has 0 radical (unpaired) electrons. The number of H-pyrrole nitrogens is 1. The van der Waals surface area contributed by atoms with Gasteiger partial charge in [-0.25, -0.2) is 9.67 Å².